The quantitative estimate of drug-likeness (QED) is 0.780. The summed E-state index contributed by atoms with van der Waals surface area (Å²) in [5, 5.41) is 5.77. The van der Waals surface area contributed by atoms with Crippen molar-refractivity contribution >= 4 is 11.6 Å². The van der Waals surface area contributed by atoms with Crippen LogP contribution < -0.4 is 10.6 Å². The molecule has 1 atom stereocenters. The molecular formula is C13H19FN2O2. The van der Waals surface area contributed by atoms with Gasteiger partial charge in [-0.3, -0.25) is 4.79 Å². The summed E-state index contributed by atoms with van der Waals surface area (Å²) in [5.74, 6) is -0.478. The molecule has 0 heterocycles. The first-order valence-corrected chi connectivity index (χ1v) is 5.93. The van der Waals surface area contributed by atoms with Gasteiger partial charge < -0.3 is 15.4 Å². The van der Waals surface area contributed by atoms with E-state index >= 15 is 0 Å². The maximum Gasteiger partial charge on any atom is 0.238 e. The highest BCUT2D eigenvalue weighted by Gasteiger charge is 2.08. The third kappa shape index (κ3) is 5.25. The standard InChI is InChI=1S/C13H19FN2O2/c1-3-11(9-18-2)15-8-13(17)16-12-6-4-10(14)5-7-12/h4-7,11,15H,3,8-9H2,1-2H3,(H,16,17). The minimum absolute atomic E-state index is 0.156. The Morgan fingerprint density at radius 2 is 2.06 bits per heavy atom. The van der Waals surface area contributed by atoms with Crippen molar-refractivity contribution < 1.29 is 13.9 Å². The van der Waals surface area contributed by atoms with Gasteiger partial charge in [-0.05, 0) is 30.7 Å². The first-order chi connectivity index (χ1) is 8.65. The summed E-state index contributed by atoms with van der Waals surface area (Å²) in [7, 11) is 1.63. The van der Waals surface area contributed by atoms with E-state index in [0.29, 0.717) is 12.3 Å². The molecular weight excluding hydrogens is 235 g/mol. The van der Waals surface area contributed by atoms with Crippen LogP contribution >= 0.6 is 0 Å². The van der Waals surface area contributed by atoms with E-state index in [0.717, 1.165) is 6.42 Å². The molecule has 0 spiro atoms. The summed E-state index contributed by atoms with van der Waals surface area (Å²) < 4.78 is 17.7. The lowest BCUT2D eigenvalue weighted by atomic mass is 10.2. The van der Waals surface area contributed by atoms with Crippen molar-refractivity contribution in [2.75, 3.05) is 25.6 Å². The topological polar surface area (TPSA) is 50.4 Å². The van der Waals surface area contributed by atoms with Crippen molar-refractivity contribution in [1.82, 2.24) is 5.32 Å². The minimum Gasteiger partial charge on any atom is -0.383 e. The molecule has 0 aliphatic heterocycles. The number of halogens is 1. The Morgan fingerprint density at radius 1 is 1.39 bits per heavy atom. The average Bonchev–Trinajstić information content (AvgIpc) is 2.37. The Balaban J connectivity index is 2.35. The van der Waals surface area contributed by atoms with Crippen LogP contribution in [0.4, 0.5) is 10.1 Å². The molecule has 1 unspecified atom stereocenters. The van der Waals surface area contributed by atoms with Crippen LogP contribution in [-0.4, -0.2) is 32.2 Å². The normalized spacial score (nSPS) is 12.2. The summed E-state index contributed by atoms with van der Waals surface area (Å²) in [6.07, 6.45) is 0.887. The van der Waals surface area contributed by atoms with Crippen LogP contribution in [0, 0.1) is 5.82 Å². The van der Waals surface area contributed by atoms with Gasteiger partial charge in [0.2, 0.25) is 5.91 Å². The number of anilines is 1. The number of benzene rings is 1. The van der Waals surface area contributed by atoms with Gasteiger partial charge in [0.05, 0.1) is 13.2 Å². The summed E-state index contributed by atoms with van der Waals surface area (Å²) >= 11 is 0. The number of ether oxygens (including phenoxy) is 1. The van der Waals surface area contributed by atoms with E-state index in [4.69, 9.17) is 4.74 Å². The molecule has 1 aromatic carbocycles. The van der Waals surface area contributed by atoms with E-state index in [9.17, 15) is 9.18 Å². The second kappa shape index (κ2) is 7.79. The predicted molar refractivity (Wildman–Crippen MR) is 69.0 cm³/mol. The number of hydrogen-bond donors (Lipinski definition) is 2. The van der Waals surface area contributed by atoms with Crippen LogP contribution in [0.1, 0.15) is 13.3 Å². The number of rotatable bonds is 7. The van der Waals surface area contributed by atoms with E-state index in [1.165, 1.54) is 24.3 Å². The first-order valence-electron chi connectivity index (χ1n) is 5.93. The van der Waals surface area contributed by atoms with Gasteiger partial charge in [-0.2, -0.15) is 0 Å². The Morgan fingerprint density at radius 3 is 2.61 bits per heavy atom. The summed E-state index contributed by atoms with van der Waals surface area (Å²) in [6, 6.07) is 5.83. The zero-order valence-corrected chi connectivity index (χ0v) is 10.7. The fourth-order valence-electron chi connectivity index (χ4n) is 1.50. The van der Waals surface area contributed by atoms with Crippen LogP contribution in [0.15, 0.2) is 24.3 Å². The number of carbonyl (C=O) groups is 1. The molecule has 4 nitrogen and oxygen atoms in total. The van der Waals surface area contributed by atoms with Crippen LogP contribution in [0.25, 0.3) is 0 Å². The van der Waals surface area contributed by atoms with E-state index in [1.54, 1.807) is 7.11 Å². The summed E-state index contributed by atoms with van der Waals surface area (Å²) in [4.78, 5) is 11.6. The van der Waals surface area contributed by atoms with Crippen molar-refractivity contribution in [3.63, 3.8) is 0 Å². The lowest BCUT2D eigenvalue weighted by Crippen LogP contribution is -2.38. The zero-order valence-electron chi connectivity index (χ0n) is 10.7. The minimum atomic E-state index is -0.322. The summed E-state index contributed by atoms with van der Waals surface area (Å²) in [6.45, 7) is 2.80. The number of nitrogens with one attached hydrogen (secondary N) is 2. The molecule has 0 saturated heterocycles. The molecule has 0 bridgehead atoms. The van der Waals surface area contributed by atoms with Crippen molar-refractivity contribution in [2.45, 2.75) is 19.4 Å². The van der Waals surface area contributed by atoms with Gasteiger partial charge in [-0.25, -0.2) is 4.39 Å². The van der Waals surface area contributed by atoms with Crippen LogP contribution in [0.5, 0.6) is 0 Å². The smallest absolute Gasteiger partial charge is 0.238 e. The van der Waals surface area contributed by atoms with Gasteiger partial charge in [0.1, 0.15) is 5.82 Å². The molecule has 2 N–H and O–H groups in total. The van der Waals surface area contributed by atoms with E-state index in [2.05, 4.69) is 10.6 Å². The lowest BCUT2D eigenvalue weighted by Gasteiger charge is -2.15. The van der Waals surface area contributed by atoms with Crippen molar-refractivity contribution in [2.24, 2.45) is 0 Å². The number of methoxy groups -OCH3 is 1. The van der Waals surface area contributed by atoms with Crippen LogP contribution in [0.2, 0.25) is 0 Å². The molecule has 0 aliphatic carbocycles. The Labute approximate surface area is 107 Å². The first kappa shape index (κ1) is 14.6. The molecule has 0 saturated carbocycles. The number of amides is 1. The zero-order chi connectivity index (χ0) is 13.4. The highest BCUT2D eigenvalue weighted by Crippen LogP contribution is 2.07. The Hall–Kier alpha value is -1.46. The lowest BCUT2D eigenvalue weighted by molar-refractivity contribution is -0.115. The molecule has 18 heavy (non-hydrogen) atoms. The largest absolute Gasteiger partial charge is 0.383 e. The van der Waals surface area contributed by atoms with E-state index in [1.807, 2.05) is 6.92 Å². The van der Waals surface area contributed by atoms with Gasteiger partial charge in [0.15, 0.2) is 0 Å². The van der Waals surface area contributed by atoms with Gasteiger partial charge in [-0.15, -0.1) is 0 Å². The van der Waals surface area contributed by atoms with Gasteiger partial charge in [0.25, 0.3) is 0 Å². The van der Waals surface area contributed by atoms with Crippen molar-refractivity contribution in [1.29, 1.82) is 0 Å². The molecule has 0 radical (unpaired) electrons. The van der Waals surface area contributed by atoms with Crippen LogP contribution in [-0.2, 0) is 9.53 Å². The molecule has 0 fully saturated rings. The van der Waals surface area contributed by atoms with Crippen molar-refractivity contribution in [3.8, 4) is 0 Å². The molecule has 1 amide bonds. The highest BCUT2D eigenvalue weighted by atomic mass is 19.1. The number of carbonyl (C=O) groups excluding carboxylic acids is 1. The fraction of sp³-hybridized carbons (Fsp3) is 0.462. The fourth-order valence-corrected chi connectivity index (χ4v) is 1.50. The van der Waals surface area contributed by atoms with Gasteiger partial charge >= 0.3 is 0 Å². The van der Waals surface area contributed by atoms with Gasteiger partial charge in [-0.1, -0.05) is 6.92 Å². The van der Waals surface area contributed by atoms with Gasteiger partial charge in [0, 0.05) is 18.8 Å². The molecule has 5 heteroatoms. The number of hydrogen-bond acceptors (Lipinski definition) is 3. The summed E-state index contributed by atoms with van der Waals surface area (Å²) in [5.41, 5.74) is 0.586. The maximum atomic E-state index is 12.7. The Bertz CT molecular complexity index is 368. The SMILES string of the molecule is CCC(COC)NCC(=O)Nc1ccc(F)cc1. The predicted octanol–water partition coefficient (Wildman–Crippen LogP) is 1.78. The molecule has 1 rings (SSSR count). The molecule has 0 aliphatic rings. The monoisotopic (exact) mass is 254 g/mol. The third-order valence-electron chi connectivity index (χ3n) is 2.54. The second-order valence-corrected chi connectivity index (χ2v) is 4.00. The molecule has 1 aromatic rings. The third-order valence-corrected chi connectivity index (χ3v) is 2.54. The molecule has 0 aromatic heterocycles. The maximum absolute atomic E-state index is 12.7. The highest BCUT2D eigenvalue weighted by molar-refractivity contribution is 5.92. The van der Waals surface area contributed by atoms with E-state index < -0.39 is 0 Å². The Kier molecular flexibility index (Phi) is 6.32. The van der Waals surface area contributed by atoms with Crippen molar-refractivity contribution in [3.05, 3.63) is 30.1 Å². The molecule has 100 valence electrons. The average molecular weight is 254 g/mol. The second-order valence-electron chi connectivity index (χ2n) is 4.00. The van der Waals surface area contributed by atoms with E-state index in [-0.39, 0.29) is 24.3 Å². The van der Waals surface area contributed by atoms with Crippen LogP contribution in [0.3, 0.4) is 0 Å².